The summed E-state index contributed by atoms with van der Waals surface area (Å²) >= 11 is 0. The molecule has 0 saturated carbocycles. The molecule has 0 spiro atoms. The van der Waals surface area contributed by atoms with Crippen molar-refractivity contribution in [3.63, 3.8) is 0 Å². The van der Waals surface area contributed by atoms with Gasteiger partial charge >= 0.3 is 12.1 Å². The second kappa shape index (κ2) is 11.1. The molecule has 1 N–H and O–H groups in total. The number of carboxylic acid groups (broad SMARTS) is 1. The maximum Gasteiger partial charge on any atom is 0.416 e. The molecule has 1 heterocycles. The van der Waals surface area contributed by atoms with Crippen molar-refractivity contribution in [2.24, 2.45) is 5.92 Å². The van der Waals surface area contributed by atoms with Crippen LogP contribution in [-0.4, -0.2) is 26.0 Å². The third-order valence-electron chi connectivity index (χ3n) is 5.14. The molecule has 198 valence electrons. The lowest BCUT2D eigenvalue weighted by atomic mass is 10.1. The molecule has 11 heteroatoms. The van der Waals surface area contributed by atoms with Crippen LogP contribution in [-0.2, 0) is 27.6 Å². The minimum Gasteiger partial charge on any atom is -0.487 e. The maximum absolute atomic E-state index is 13.5. The zero-order chi connectivity index (χ0) is 27.4. The Kier molecular flexibility index (Phi) is 8.37. The van der Waals surface area contributed by atoms with Crippen molar-refractivity contribution < 1.29 is 40.6 Å². The number of nitrogens with zero attached hydrogens (tertiary/aromatic N) is 1. The molecule has 37 heavy (non-hydrogen) atoms. The summed E-state index contributed by atoms with van der Waals surface area (Å²) in [4.78, 5) is 10.7. The highest BCUT2D eigenvalue weighted by Gasteiger charge is 2.35. The minimum atomic E-state index is -4.67. The summed E-state index contributed by atoms with van der Waals surface area (Å²) in [5, 5.41) is 8.40. The third-order valence-corrected chi connectivity index (χ3v) is 6.79. The number of halogens is 3. The van der Waals surface area contributed by atoms with Gasteiger partial charge in [0.2, 0.25) is 5.09 Å². The predicted octanol–water partition coefficient (Wildman–Crippen LogP) is 6.13. The van der Waals surface area contributed by atoms with E-state index in [2.05, 4.69) is 0 Å². The summed E-state index contributed by atoms with van der Waals surface area (Å²) in [5.74, 6) is -1.17. The van der Waals surface area contributed by atoms with E-state index in [-0.39, 0.29) is 35.6 Å². The summed E-state index contributed by atoms with van der Waals surface area (Å²) in [6.07, 6.45) is -2.30. The number of furan rings is 1. The summed E-state index contributed by atoms with van der Waals surface area (Å²) in [7, 11) is -4.25. The molecule has 3 aromatic rings. The molecular formula is C26H26F3NO6S. The molecule has 1 aromatic heterocycles. The van der Waals surface area contributed by atoms with E-state index in [1.807, 2.05) is 0 Å². The van der Waals surface area contributed by atoms with Crippen LogP contribution in [0.1, 0.15) is 36.3 Å². The van der Waals surface area contributed by atoms with E-state index in [0.717, 1.165) is 28.6 Å². The van der Waals surface area contributed by atoms with Gasteiger partial charge in [0.1, 0.15) is 18.1 Å². The number of benzene rings is 2. The van der Waals surface area contributed by atoms with Crippen LogP contribution in [0.3, 0.4) is 0 Å². The van der Waals surface area contributed by atoms with Gasteiger partial charge in [-0.15, -0.1) is 0 Å². The van der Waals surface area contributed by atoms with Crippen molar-refractivity contribution in [3.8, 4) is 5.75 Å². The molecule has 0 unspecified atom stereocenters. The standard InChI is InChI=1S/C26H26F3NO6S/c1-17(2)15-30(37(33,34)25-13-4-18(3)36-25)22-11-10-21(26(27,28)29)14-23(22)35-16-20-7-5-19(6-8-20)9-12-24(31)32/h4-14,17H,15-16H2,1-3H3,(H,31,32)/b12-9+. The lowest BCUT2D eigenvalue weighted by molar-refractivity contribution is -0.137. The number of aryl methyl sites for hydroxylation is 1. The average molecular weight is 538 g/mol. The fourth-order valence-electron chi connectivity index (χ4n) is 3.38. The minimum absolute atomic E-state index is 0.0333. The normalized spacial score (nSPS) is 12.3. The van der Waals surface area contributed by atoms with Crippen LogP contribution in [0.5, 0.6) is 5.75 Å². The molecule has 0 fully saturated rings. The van der Waals surface area contributed by atoms with E-state index < -0.39 is 27.7 Å². The van der Waals surface area contributed by atoms with Gasteiger partial charge in [-0.3, -0.25) is 4.31 Å². The van der Waals surface area contributed by atoms with Crippen molar-refractivity contribution in [3.05, 3.63) is 83.1 Å². The van der Waals surface area contributed by atoms with Gasteiger partial charge in [-0.2, -0.15) is 21.6 Å². The quantitative estimate of drug-likeness (QED) is 0.312. The second-order valence-electron chi connectivity index (χ2n) is 8.68. The first-order valence-electron chi connectivity index (χ1n) is 11.2. The van der Waals surface area contributed by atoms with E-state index in [9.17, 15) is 26.4 Å². The molecule has 2 aromatic carbocycles. The van der Waals surface area contributed by atoms with Gasteiger partial charge in [0.15, 0.2) is 0 Å². The number of ether oxygens (including phenoxy) is 1. The topological polar surface area (TPSA) is 97.0 Å². The predicted molar refractivity (Wildman–Crippen MR) is 132 cm³/mol. The van der Waals surface area contributed by atoms with Gasteiger partial charge in [-0.1, -0.05) is 38.1 Å². The highest BCUT2D eigenvalue weighted by molar-refractivity contribution is 7.92. The van der Waals surface area contributed by atoms with Crippen LogP contribution >= 0.6 is 0 Å². The van der Waals surface area contributed by atoms with Gasteiger partial charge in [0.05, 0.1) is 11.3 Å². The summed E-state index contributed by atoms with van der Waals surface area (Å²) < 4.78 is 79.5. The molecule has 3 rings (SSSR count). The number of hydrogen-bond acceptors (Lipinski definition) is 5. The molecule has 0 aliphatic rings. The number of sulfonamides is 1. The molecule has 0 atom stereocenters. The lowest BCUT2D eigenvalue weighted by Crippen LogP contribution is -2.34. The van der Waals surface area contributed by atoms with Crippen molar-refractivity contribution >= 4 is 27.8 Å². The first-order valence-corrected chi connectivity index (χ1v) is 12.6. The Morgan fingerprint density at radius 3 is 2.32 bits per heavy atom. The number of carboxylic acids is 1. The van der Waals surface area contributed by atoms with Crippen molar-refractivity contribution in [2.45, 2.75) is 38.6 Å². The van der Waals surface area contributed by atoms with Gasteiger partial charge < -0.3 is 14.3 Å². The van der Waals surface area contributed by atoms with E-state index in [4.69, 9.17) is 14.3 Å². The van der Waals surface area contributed by atoms with E-state index in [0.29, 0.717) is 16.9 Å². The smallest absolute Gasteiger partial charge is 0.416 e. The third kappa shape index (κ3) is 7.16. The second-order valence-corrected chi connectivity index (χ2v) is 10.5. The first-order chi connectivity index (χ1) is 17.3. The van der Waals surface area contributed by atoms with Crippen molar-refractivity contribution in [2.75, 3.05) is 10.8 Å². The molecular weight excluding hydrogens is 511 g/mol. The lowest BCUT2D eigenvalue weighted by Gasteiger charge is -2.27. The van der Waals surface area contributed by atoms with Gasteiger partial charge in [-0.25, -0.2) is 4.79 Å². The summed E-state index contributed by atoms with van der Waals surface area (Å²) in [6, 6.07) is 11.9. The Morgan fingerprint density at radius 1 is 1.11 bits per heavy atom. The van der Waals surface area contributed by atoms with Crippen molar-refractivity contribution in [1.29, 1.82) is 0 Å². The van der Waals surface area contributed by atoms with Gasteiger partial charge in [0, 0.05) is 12.6 Å². The van der Waals surface area contributed by atoms with Crippen LogP contribution in [0.2, 0.25) is 0 Å². The molecule has 0 amide bonds. The Labute approximate surface area is 212 Å². The number of anilines is 1. The molecule has 0 saturated heterocycles. The van der Waals surface area contributed by atoms with E-state index >= 15 is 0 Å². The van der Waals surface area contributed by atoms with Gasteiger partial charge in [-0.05, 0) is 60.4 Å². The SMILES string of the molecule is Cc1ccc(S(=O)(=O)N(CC(C)C)c2ccc(C(F)(F)F)cc2OCc2ccc(/C=C/C(=O)O)cc2)o1. The number of alkyl halides is 3. The zero-order valence-corrected chi connectivity index (χ0v) is 21.1. The Morgan fingerprint density at radius 2 is 1.78 bits per heavy atom. The first kappa shape index (κ1) is 27.9. The number of hydrogen-bond donors (Lipinski definition) is 1. The van der Waals surface area contributed by atoms with E-state index in [1.54, 1.807) is 45.0 Å². The number of carbonyl (C=O) groups is 1. The van der Waals surface area contributed by atoms with Crippen LogP contribution in [0.4, 0.5) is 18.9 Å². The maximum atomic E-state index is 13.5. The molecule has 0 aliphatic carbocycles. The Bertz CT molecular complexity index is 1380. The van der Waals surface area contributed by atoms with Crippen LogP contribution in [0, 0.1) is 12.8 Å². The number of rotatable bonds is 10. The molecule has 7 nitrogen and oxygen atoms in total. The Balaban J connectivity index is 2.01. The summed E-state index contributed by atoms with van der Waals surface area (Å²) in [5.41, 5.74) is 0.137. The monoisotopic (exact) mass is 537 g/mol. The van der Waals surface area contributed by atoms with Crippen LogP contribution in [0.15, 0.2) is 70.2 Å². The fraction of sp³-hybridized carbons (Fsp3) is 0.269. The number of aliphatic carboxylic acids is 1. The van der Waals surface area contributed by atoms with Crippen LogP contribution < -0.4 is 9.04 Å². The van der Waals surface area contributed by atoms with Crippen molar-refractivity contribution in [1.82, 2.24) is 0 Å². The Hall–Kier alpha value is -3.73. The zero-order valence-electron chi connectivity index (χ0n) is 20.3. The molecule has 0 radical (unpaired) electrons. The molecule has 0 bridgehead atoms. The van der Waals surface area contributed by atoms with Gasteiger partial charge in [0.25, 0.3) is 10.0 Å². The fourth-order valence-corrected chi connectivity index (χ4v) is 4.98. The highest BCUT2D eigenvalue weighted by atomic mass is 32.2. The van der Waals surface area contributed by atoms with E-state index in [1.165, 1.54) is 18.2 Å². The van der Waals surface area contributed by atoms with Crippen LogP contribution in [0.25, 0.3) is 6.08 Å². The highest BCUT2D eigenvalue weighted by Crippen LogP contribution is 2.39. The average Bonchev–Trinajstić information content (AvgIpc) is 3.27. The largest absolute Gasteiger partial charge is 0.487 e. The molecule has 0 aliphatic heterocycles. The summed E-state index contributed by atoms with van der Waals surface area (Å²) in [6.45, 7) is 4.95.